The Bertz CT molecular complexity index is 671. The summed E-state index contributed by atoms with van der Waals surface area (Å²) in [7, 11) is 0. The van der Waals surface area contributed by atoms with E-state index in [1.807, 2.05) is 0 Å². The van der Waals surface area contributed by atoms with Gasteiger partial charge in [-0.3, -0.25) is 9.59 Å². The van der Waals surface area contributed by atoms with Crippen LogP contribution in [0.25, 0.3) is 0 Å². The van der Waals surface area contributed by atoms with Crippen LogP contribution in [0.2, 0.25) is 5.02 Å². The van der Waals surface area contributed by atoms with Gasteiger partial charge in [-0.1, -0.05) is 11.6 Å². The second kappa shape index (κ2) is 7.49. The van der Waals surface area contributed by atoms with Crippen LogP contribution >= 0.6 is 11.6 Å². The molecule has 1 aromatic carbocycles. The Morgan fingerprint density at radius 1 is 1.16 bits per heavy atom. The van der Waals surface area contributed by atoms with Crippen molar-refractivity contribution in [1.29, 1.82) is 0 Å². The van der Waals surface area contributed by atoms with Crippen molar-refractivity contribution >= 4 is 23.5 Å². The molecule has 0 aliphatic carbocycles. The van der Waals surface area contributed by atoms with Crippen molar-refractivity contribution in [3.8, 4) is 11.5 Å². The van der Waals surface area contributed by atoms with E-state index in [4.69, 9.17) is 25.8 Å². The lowest BCUT2D eigenvalue weighted by molar-refractivity contribution is -0.154. The number of carboxylic acid groups (broad SMARTS) is 1. The van der Waals surface area contributed by atoms with Gasteiger partial charge in [0.2, 0.25) is 5.91 Å². The maximum atomic E-state index is 12.2. The number of rotatable bonds is 5. The maximum Gasteiger partial charge on any atom is 0.311 e. The van der Waals surface area contributed by atoms with Gasteiger partial charge in [0.05, 0.1) is 16.9 Å². The summed E-state index contributed by atoms with van der Waals surface area (Å²) in [5, 5.41) is 12.6. The number of ether oxygens (including phenoxy) is 3. The summed E-state index contributed by atoms with van der Waals surface area (Å²) in [4.78, 5) is 23.8. The highest BCUT2D eigenvalue weighted by Gasteiger charge is 2.40. The molecular weight excluding hydrogens is 350 g/mol. The molecule has 2 heterocycles. The molecule has 0 unspecified atom stereocenters. The molecule has 1 saturated heterocycles. The third kappa shape index (κ3) is 3.99. The van der Waals surface area contributed by atoms with E-state index in [2.05, 4.69) is 5.32 Å². The van der Waals surface area contributed by atoms with Crippen molar-refractivity contribution in [2.45, 2.75) is 19.3 Å². The van der Waals surface area contributed by atoms with Crippen LogP contribution in [0.4, 0.5) is 0 Å². The molecule has 1 aromatic rings. The molecule has 2 N–H and O–H groups in total. The fraction of sp³-hybridized carbons (Fsp3) is 0.529. The number of amides is 1. The summed E-state index contributed by atoms with van der Waals surface area (Å²) in [5.74, 6) is -0.157. The van der Waals surface area contributed by atoms with Crippen LogP contribution in [0.5, 0.6) is 11.5 Å². The number of halogens is 1. The van der Waals surface area contributed by atoms with Crippen LogP contribution in [-0.2, 0) is 20.7 Å². The number of benzene rings is 1. The molecule has 0 spiro atoms. The Kier molecular flexibility index (Phi) is 5.34. The van der Waals surface area contributed by atoms with Crippen molar-refractivity contribution in [1.82, 2.24) is 5.32 Å². The molecule has 1 amide bonds. The van der Waals surface area contributed by atoms with Crippen molar-refractivity contribution in [3.63, 3.8) is 0 Å². The fourth-order valence-electron chi connectivity index (χ4n) is 3.01. The van der Waals surface area contributed by atoms with Gasteiger partial charge in [0, 0.05) is 19.8 Å². The minimum atomic E-state index is -0.960. The smallest absolute Gasteiger partial charge is 0.311 e. The number of carbonyl (C=O) groups is 2. The zero-order valence-electron chi connectivity index (χ0n) is 13.7. The number of hydrogen-bond acceptors (Lipinski definition) is 5. The number of aliphatic carboxylic acids is 1. The Hall–Kier alpha value is -1.99. The highest BCUT2D eigenvalue weighted by atomic mass is 35.5. The summed E-state index contributed by atoms with van der Waals surface area (Å²) in [5.41, 5.74) is -0.277. The first-order chi connectivity index (χ1) is 12.0. The van der Waals surface area contributed by atoms with Gasteiger partial charge < -0.3 is 24.6 Å². The molecule has 25 heavy (non-hydrogen) atoms. The number of hydrogen-bond donors (Lipinski definition) is 2. The summed E-state index contributed by atoms with van der Waals surface area (Å²) in [6.45, 7) is 1.73. The first-order valence-corrected chi connectivity index (χ1v) is 8.54. The van der Waals surface area contributed by atoms with E-state index in [0.717, 1.165) is 0 Å². The van der Waals surface area contributed by atoms with Crippen molar-refractivity contribution in [2.24, 2.45) is 5.41 Å². The van der Waals surface area contributed by atoms with Crippen molar-refractivity contribution in [3.05, 3.63) is 22.7 Å². The zero-order chi connectivity index (χ0) is 17.9. The molecule has 0 aromatic heterocycles. The molecular formula is C17H20ClNO6. The number of fused-ring (bicyclic) bond motifs is 1. The van der Waals surface area contributed by atoms with Gasteiger partial charge in [0.15, 0.2) is 11.5 Å². The normalized spacial score (nSPS) is 18.4. The monoisotopic (exact) mass is 369 g/mol. The van der Waals surface area contributed by atoms with Crippen LogP contribution in [0, 0.1) is 5.41 Å². The molecule has 1 fully saturated rings. The third-order valence-corrected chi connectivity index (χ3v) is 4.83. The average Bonchev–Trinajstić information content (AvgIpc) is 2.61. The summed E-state index contributed by atoms with van der Waals surface area (Å²) < 4.78 is 16.2. The topological polar surface area (TPSA) is 94.1 Å². The molecule has 7 nitrogen and oxygen atoms in total. The standard InChI is InChI=1S/C17H20ClNO6/c18-12-7-11(8-13-15(12)25-6-5-24-13)9-14(20)19-10-17(16(21)22)1-3-23-4-2-17/h7-8H,1-6,9-10H2,(H,19,20)(H,21,22). The van der Waals surface area contributed by atoms with Crippen LogP contribution in [-0.4, -0.2) is 50.0 Å². The van der Waals surface area contributed by atoms with E-state index >= 15 is 0 Å². The number of nitrogens with one attached hydrogen (secondary N) is 1. The largest absolute Gasteiger partial charge is 0.486 e. The Balaban J connectivity index is 1.62. The Labute approximate surface area is 150 Å². The highest BCUT2D eigenvalue weighted by molar-refractivity contribution is 6.32. The Morgan fingerprint density at radius 3 is 2.60 bits per heavy atom. The lowest BCUT2D eigenvalue weighted by Gasteiger charge is -2.33. The van der Waals surface area contributed by atoms with E-state index in [-0.39, 0.29) is 18.9 Å². The SMILES string of the molecule is O=C(Cc1cc(Cl)c2c(c1)OCCO2)NCC1(C(=O)O)CCOCC1. The molecule has 0 saturated carbocycles. The lowest BCUT2D eigenvalue weighted by atomic mass is 9.80. The van der Waals surface area contributed by atoms with E-state index in [0.29, 0.717) is 61.4 Å². The predicted octanol–water partition coefficient (Wildman–Crippen LogP) is 1.65. The van der Waals surface area contributed by atoms with Gasteiger partial charge in [-0.2, -0.15) is 0 Å². The molecule has 0 bridgehead atoms. The number of carbonyl (C=O) groups excluding carboxylic acids is 1. The van der Waals surface area contributed by atoms with E-state index in [1.54, 1.807) is 12.1 Å². The molecule has 3 rings (SSSR count). The molecule has 0 radical (unpaired) electrons. The summed E-state index contributed by atoms with van der Waals surface area (Å²) in [6.07, 6.45) is 0.861. The number of carboxylic acids is 1. The van der Waals surface area contributed by atoms with Crippen LogP contribution in [0.3, 0.4) is 0 Å². The van der Waals surface area contributed by atoms with Gasteiger partial charge in [0.25, 0.3) is 0 Å². The fourth-order valence-corrected chi connectivity index (χ4v) is 3.30. The molecule has 2 aliphatic rings. The molecule has 136 valence electrons. The minimum Gasteiger partial charge on any atom is -0.486 e. The van der Waals surface area contributed by atoms with Gasteiger partial charge in [0.1, 0.15) is 13.2 Å². The van der Waals surface area contributed by atoms with Gasteiger partial charge in [-0.15, -0.1) is 0 Å². The molecule has 8 heteroatoms. The molecule has 0 atom stereocenters. The van der Waals surface area contributed by atoms with E-state index in [9.17, 15) is 14.7 Å². The van der Waals surface area contributed by atoms with Crippen LogP contribution in [0.1, 0.15) is 18.4 Å². The minimum absolute atomic E-state index is 0.0859. The van der Waals surface area contributed by atoms with Crippen molar-refractivity contribution < 1.29 is 28.9 Å². The quantitative estimate of drug-likeness (QED) is 0.819. The van der Waals surface area contributed by atoms with Crippen LogP contribution < -0.4 is 14.8 Å². The van der Waals surface area contributed by atoms with E-state index in [1.165, 1.54) is 0 Å². The maximum absolute atomic E-state index is 12.2. The van der Waals surface area contributed by atoms with Gasteiger partial charge in [-0.05, 0) is 30.5 Å². The molecule has 2 aliphatic heterocycles. The third-order valence-electron chi connectivity index (χ3n) is 4.55. The first kappa shape index (κ1) is 17.8. The summed E-state index contributed by atoms with van der Waals surface area (Å²) in [6, 6.07) is 3.39. The predicted molar refractivity (Wildman–Crippen MR) is 89.3 cm³/mol. The van der Waals surface area contributed by atoms with Gasteiger partial charge >= 0.3 is 5.97 Å². The lowest BCUT2D eigenvalue weighted by Crippen LogP contribution is -2.46. The Morgan fingerprint density at radius 2 is 1.88 bits per heavy atom. The first-order valence-electron chi connectivity index (χ1n) is 8.16. The summed E-state index contributed by atoms with van der Waals surface area (Å²) >= 11 is 6.16. The zero-order valence-corrected chi connectivity index (χ0v) is 14.4. The second-order valence-electron chi connectivity index (χ2n) is 6.25. The van der Waals surface area contributed by atoms with E-state index < -0.39 is 11.4 Å². The second-order valence-corrected chi connectivity index (χ2v) is 6.66. The average molecular weight is 370 g/mol. The van der Waals surface area contributed by atoms with Gasteiger partial charge in [-0.25, -0.2) is 0 Å². The van der Waals surface area contributed by atoms with Crippen molar-refractivity contribution in [2.75, 3.05) is 33.0 Å². The van der Waals surface area contributed by atoms with Crippen LogP contribution in [0.15, 0.2) is 12.1 Å². The highest BCUT2D eigenvalue weighted by Crippen LogP contribution is 2.38.